The Morgan fingerprint density at radius 2 is 1.79 bits per heavy atom. The number of nitrogens with zero attached hydrogens (tertiary/aromatic N) is 4. The van der Waals surface area contributed by atoms with E-state index in [1.54, 1.807) is 32.4 Å². The van der Waals surface area contributed by atoms with Gasteiger partial charge >= 0.3 is 6.03 Å². The van der Waals surface area contributed by atoms with Crippen LogP contribution in [0.4, 0.5) is 22.2 Å². The van der Waals surface area contributed by atoms with Crippen LogP contribution in [0.25, 0.3) is 0 Å². The first-order chi connectivity index (χ1) is 16.2. The molecule has 0 saturated carbocycles. The minimum absolute atomic E-state index is 0.126. The third-order valence-corrected chi connectivity index (χ3v) is 6.21. The number of ether oxygens (including phenoxy) is 3. The maximum atomic E-state index is 13.4. The Morgan fingerprint density at radius 1 is 1.15 bits per heavy atom. The monoisotopic (exact) mass is 470 g/mol. The summed E-state index contributed by atoms with van der Waals surface area (Å²) in [6.45, 7) is 6.45. The van der Waals surface area contributed by atoms with Crippen molar-refractivity contribution < 1.29 is 23.8 Å². The molecule has 2 aliphatic heterocycles. The van der Waals surface area contributed by atoms with E-state index in [9.17, 15) is 9.59 Å². The van der Waals surface area contributed by atoms with Gasteiger partial charge in [-0.2, -0.15) is 4.98 Å². The second-order valence-corrected chi connectivity index (χ2v) is 8.45. The molecule has 1 saturated heterocycles. The predicted octanol–water partition coefficient (Wildman–Crippen LogP) is 2.00. The van der Waals surface area contributed by atoms with Crippen molar-refractivity contribution >= 4 is 29.4 Å². The SMILES string of the molecule is COc1cc(OC)c(C)c(N2Cc3cnc(NC4COCC4NC(C)=O)nc3N(C)C2=O)c1C. The molecule has 0 bridgehead atoms. The minimum atomic E-state index is -0.223. The van der Waals surface area contributed by atoms with Gasteiger partial charge in [-0.1, -0.05) is 0 Å². The van der Waals surface area contributed by atoms with E-state index in [-0.39, 0.29) is 24.0 Å². The van der Waals surface area contributed by atoms with E-state index in [1.807, 2.05) is 19.9 Å². The van der Waals surface area contributed by atoms with E-state index in [0.717, 1.165) is 22.4 Å². The molecule has 2 atom stereocenters. The van der Waals surface area contributed by atoms with Gasteiger partial charge in [0.15, 0.2) is 0 Å². The zero-order chi connectivity index (χ0) is 24.6. The van der Waals surface area contributed by atoms with Crippen LogP contribution in [0, 0.1) is 13.8 Å². The Labute approximate surface area is 198 Å². The van der Waals surface area contributed by atoms with Crippen molar-refractivity contribution in [2.24, 2.45) is 0 Å². The van der Waals surface area contributed by atoms with Gasteiger partial charge in [0.2, 0.25) is 11.9 Å². The molecule has 3 heterocycles. The highest BCUT2D eigenvalue weighted by atomic mass is 16.5. The minimum Gasteiger partial charge on any atom is -0.496 e. The zero-order valence-corrected chi connectivity index (χ0v) is 20.3. The highest BCUT2D eigenvalue weighted by molar-refractivity contribution is 6.06. The summed E-state index contributed by atoms with van der Waals surface area (Å²) in [5, 5.41) is 6.10. The van der Waals surface area contributed by atoms with E-state index in [4.69, 9.17) is 14.2 Å². The number of urea groups is 1. The predicted molar refractivity (Wildman–Crippen MR) is 127 cm³/mol. The van der Waals surface area contributed by atoms with Crippen molar-refractivity contribution in [3.8, 4) is 11.5 Å². The lowest BCUT2D eigenvalue weighted by Gasteiger charge is -2.36. The summed E-state index contributed by atoms with van der Waals surface area (Å²) >= 11 is 0. The first kappa shape index (κ1) is 23.6. The number of nitrogens with one attached hydrogen (secondary N) is 2. The fraction of sp³-hybridized carbons (Fsp3) is 0.478. The molecule has 0 radical (unpaired) electrons. The van der Waals surface area contributed by atoms with Crippen molar-refractivity contribution in [3.63, 3.8) is 0 Å². The second kappa shape index (κ2) is 9.34. The fourth-order valence-corrected chi connectivity index (χ4v) is 4.50. The number of hydrogen-bond acceptors (Lipinski definition) is 8. The highest BCUT2D eigenvalue weighted by Gasteiger charge is 2.35. The maximum Gasteiger partial charge on any atom is 0.330 e. The summed E-state index contributed by atoms with van der Waals surface area (Å²) in [5.41, 5.74) is 3.22. The van der Waals surface area contributed by atoms with E-state index in [1.165, 1.54) is 11.8 Å². The van der Waals surface area contributed by atoms with Crippen LogP contribution in [0.1, 0.15) is 23.6 Å². The number of hydrogen-bond donors (Lipinski definition) is 2. The van der Waals surface area contributed by atoms with Gasteiger partial charge in [-0.25, -0.2) is 9.78 Å². The molecule has 1 fully saturated rings. The van der Waals surface area contributed by atoms with Gasteiger partial charge in [0, 0.05) is 42.9 Å². The molecule has 0 aliphatic carbocycles. The average Bonchev–Trinajstić information content (AvgIpc) is 3.23. The normalized spacial score (nSPS) is 19.6. The molecule has 4 rings (SSSR count). The lowest BCUT2D eigenvalue weighted by atomic mass is 10.0. The Morgan fingerprint density at radius 3 is 2.41 bits per heavy atom. The molecule has 1 aromatic carbocycles. The molecule has 182 valence electrons. The number of fused-ring (bicyclic) bond motifs is 1. The topological polar surface area (TPSA) is 118 Å². The third kappa shape index (κ3) is 4.18. The molecule has 2 aromatic rings. The number of carbonyl (C=O) groups is 2. The Hall–Kier alpha value is -3.60. The van der Waals surface area contributed by atoms with Gasteiger partial charge in [-0.05, 0) is 13.8 Å². The Balaban J connectivity index is 1.64. The first-order valence-electron chi connectivity index (χ1n) is 11.0. The van der Waals surface area contributed by atoms with Crippen LogP contribution < -0.4 is 29.9 Å². The molecule has 11 heteroatoms. The number of aromatic nitrogens is 2. The average molecular weight is 471 g/mol. The van der Waals surface area contributed by atoms with Crippen LogP contribution in [-0.2, 0) is 16.1 Å². The summed E-state index contributed by atoms with van der Waals surface area (Å²) in [5.74, 6) is 2.05. The Kier molecular flexibility index (Phi) is 6.47. The van der Waals surface area contributed by atoms with Gasteiger partial charge in [0.1, 0.15) is 17.3 Å². The summed E-state index contributed by atoms with van der Waals surface area (Å²) < 4.78 is 16.5. The first-order valence-corrected chi connectivity index (χ1v) is 11.0. The molecule has 2 N–H and O–H groups in total. The summed E-state index contributed by atoms with van der Waals surface area (Å²) in [6, 6.07) is 1.25. The van der Waals surface area contributed by atoms with E-state index in [0.29, 0.717) is 43.0 Å². The standard InChI is InChI=1S/C23H30N6O5/c1-12-18(32-5)7-19(33-6)13(2)20(12)29-9-15-8-24-22(27-21(15)28(4)23(29)31)26-17-11-34-10-16(17)25-14(3)30/h7-8,16-17H,9-11H2,1-6H3,(H,25,30)(H,24,26,27). The summed E-state index contributed by atoms with van der Waals surface area (Å²) in [4.78, 5) is 37.2. The van der Waals surface area contributed by atoms with Crippen molar-refractivity contribution in [2.75, 3.05) is 49.6 Å². The number of anilines is 3. The van der Waals surface area contributed by atoms with Crippen molar-refractivity contribution in [1.82, 2.24) is 15.3 Å². The molecule has 34 heavy (non-hydrogen) atoms. The third-order valence-electron chi connectivity index (χ3n) is 6.21. The second-order valence-electron chi connectivity index (χ2n) is 8.45. The van der Waals surface area contributed by atoms with Gasteiger partial charge < -0.3 is 24.8 Å². The van der Waals surface area contributed by atoms with Gasteiger partial charge in [0.05, 0.1) is 51.7 Å². The van der Waals surface area contributed by atoms with Crippen LogP contribution in [0.5, 0.6) is 11.5 Å². The number of amides is 3. The fourth-order valence-electron chi connectivity index (χ4n) is 4.50. The number of carbonyl (C=O) groups excluding carboxylic acids is 2. The zero-order valence-electron chi connectivity index (χ0n) is 20.3. The van der Waals surface area contributed by atoms with Gasteiger partial charge in [0.25, 0.3) is 0 Å². The molecular formula is C23H30N6O5. The van der Waals surface area contributed by atoms with E-state index < -0.39 is 0 Å². The summed E-state index contributed by atoms with van der Waals surface area (Å²) in [7, 11) is 4.87. The van der Waals surface area contributed by atoms with Crippen LogP contribution in [0.2, 0.25) is 0 Å². The van der Waals surface area contributed by atoms with Crippen molar-refractivity contribution in [1.29, 1.82) is 0 Å². The summed E-state index contributed by atoms with van der Waals surface area (Å²) in [6.07, 6.45) is 1.71. The van der Waals surface area contributed by atoms with E-state index in [2.05, 4.69) is 20.6 Å². The van der Waals surface area contributed by atoms with Crippen molar-refractivity contribution in [2.45, 2.75) is 39.4 Å². The number of rotatable bonds is 6. The van der Waals surface area contributed by atoms with Crippen LogP contribution in [0.15, 0.2) is 12.3 Å². The largest absolute Gasteiger partial charge is 0.496 e. The lowest BCUT2D eigenvalue weighted by Crippen LogP contribution is -2.47. The molecule has 11 nitrogen and oxygen atoms in total. The lowest BCUT2D eigenvalue weighted by molar-refractivity contribution is -0.119. The maximum absolute atomic E-state index is 13.4. The van der Waals surface area contributed by atoms with Crippen LogP contribution in [0.3, 0.4) is 0 Å². The van der Waals surface area contributed by atoms with Gasteiger partial charge in [-0.3, -0.25) is 14.6 Å². The Bertz CT molecular complexity index is 1100. The van der Waals surface area contributed by atoms with Crippen LogP contribution >= 0.6 is 0 Å². The molecule has 0 spiro atoms. The highest BCUT2D eigenvalue weighted by Crippen LogP contribution is 2.41. The number of benzene rings is 1. The molecule has 1 aromatic heterocycles. The molecule has 3 amide bonds. The smallest absolute Gasteiger partial charge is 0.330 e. The van der Waals surface area contributed by atoms with Gasteiger partial charge in [-0.15, -0.1) is 0 Å². The molecule has 2 unspecified atom stereocenters. The molecular weight excluding hydrogens is 440 g/mol. The van der Waals surface area contributed by atoms with Crippen molar-refractivity contribution in [3.05, 3.63) is 29.0 Å². The quantitative estimate of drug-likeness (QED) is 0.658. The number of methoxy groups -OCH3 is 2. The van der Waals surface area contributed by atoms with E-state index >= 15 is 0 Å². The van der Waals surface area contributed by atoms with Crippen LogP contribution in [-0.4, -0.2) is 68.5 Å². The molecule has 2 aliphatic rings.